The maximum Gasteiger partial charge on any atom is 0.262 e. The van der Waals surface area contributed by atoms with E-state index in [0.717, 1.165) is 13.0 Å². The highest BCUT2D eigenvalue weighted by Crippen LogP contribution is 2.36. The number of benzene rings is 1. The molecule has 1 aromatic carbocycles. The van der Waals surface area contributed by atoms with Gasteiger partial charge in [0, 0.05) is 12.5 Å². The van der Waals surface area contributed by atoms with E-state index < -0.39 is 0 Å². The van der Waals surface area contributed by atoms with E-state index in [1.165, 1.54) is 0 Å². The lowest BCUT2D eigenvalue weighted by Gasteiger charge is -2.19. The fraction of sp³-hybridized carbons (Fsp3) is 0.385. The largest absolute Gasteiger partial charge is 0.482 e. The Morgan fingerprint density at radius 1 is 1.50 bits per heavy atom. The van der Waals surface area contributed by atoms with Crippen molar-refractivity contribution >= 4 is 34.8 Å². The topological polar surface area (TPSA) is 79.5 Å². The molecule has 2 rings (SSSR count). The predicted octanol–water partition coefficient (Wildman–Crippen LogP) is 1.61. The third kappa shape index (κ3) is 3.61. The molecule has 3 N–H and O–H groups in total. The first-order chi connectivity index (χ1) is 9.60. The van der Waals surface area contributed by atoms with Crippen molar-refractivity contribution in [1.82, 2.24) is 5.32 Å². The zero-order valence-corrected chi connectivity index (χ0v) is 11.8. The van der Waals surface area contributed by atoms with Gasteiger partial charge >= 0.3 is 0 Å². The second-order valence-corrected chi connectivity index (χ2v) is 4.83. The molecule has 0 aliphatic carbocycles. The van der Waals surface area contributed by atoms with Crippen molar-refractivity contribution < 1.29 is 14.3 Å². The molecular weight excluding hydrogens is 282 g/mol. The van der Waals surface area contributed by atoms with Crippen molar-refractivity contribution in [2.75, 3.05) is 30.8 Å². The first-order valence-corrected chi connectivity index (χ1v) is 6.68. The van der Waals surface area contributed by atoms with E-state index in [2.05, 4.69) is 16.0 Å². The molecule has 20 heavy (non-hydrogen) atoms. The summed E-state index contributed by atoms with van der Waals surface area (Å²) in [5, 5.41) is 8.73. The van der Waals surface area contributed by atoms with Crippen LogP contribution in [0.1, 0.15) is 12.8 Å². The monoisotopic (exact) mass is 297 g/mol. The van der Waals surface area contributed by atoms with Gasteiger partial charge in [0.2, 0.25) is 5.91 Å². The van der Waals surface area contributed by atoms with E-state index in [0.29, 0.717) is 28.6 Å². The Hall–Kier alpha value is -1.79. The molecule has 0 atom stereocenters. The number of rotatable bonds is 5. The molecule has 6 nitrogen and oxygen atoms in total. The lowest BCUT2D eigenvalue weighted by atomic mass is 10.2. The quantitative estimate of drug-likeness (QED) is 0.721. The maximum atomic E-state index is 11.8. The van der Waals surface area contributed by atoms with Crippen LogP contribution in [0.15, 0.2) is 12.1 Å². The first-order valence-electron chi connectivity index (χ1n) is 6.31. The van der Waals surface area contributed by atoms with Crippen LogP contribution < -0.4 is 20.7 Å². The third-order valence-electron chi connectivity index (χ3n) is 2.81. The van der Waals surface area contributed by atoms with Crippen LogP contribution >= 0.6 is 11.6 Å². The van der Waals surface area contributed by atoms with Crippen molar-refractivity contribution in [2.45, 2.75) is 12.8 Å². The van der Waals surface area contributed by atoms with Crippen molar-refractivity contribution in [3.8, 4) is 5.75 Å². The van der Waals surface area contributed by atoms with Crippen LogP contribution in [0, 0.1) is 0 Å². The van der Waals surface area contributed by atoms with E-state index in [1.54, 1.807) is 12.1 Å². The summed E-state index contributed by atoms with van der Waals surface area (Å²) in [7, 11) is 1.84. The van der Waals surface area contributed by atoms with Gasteiger partial charge in [-0.05, 0) is 26.1 Å². The molecule has 0 radical (unpaired) electrons. The number of halogens is 1. The summed E-state index contributed by atoms with van der Waals surface area (Å²) in [6.07, 6.45) is 1.16. The molecule has 1 heterocycles. The summed E-state index contributed by atoms with van der Waals surface area (Å²) in [6.45, 7) is 0.741. The summed E-state index contributed by atoms with van der Waals surface area (Å²) in [6, 6.07) is 3.18. The second-order valence-electron chi connectivity index (χ2n) is 4.42. The van der Waals surface area contributed by atoms with Crippen LogP contribution in [0.3, 0.4) is 0 Å². The summed E-state index contributed by atoms with van der Waals surface area (Å²) in [5.41, 5.74) is 0.996. The van der Waals surface area contributed by atoms with Gasteiger partial charge in [0.05, 0.1) is 16.4 Å². The minimum absolute atomic E-state index is 0.0375. The van der Waals surface area contributed by atoms with Crippen LogP contribution in [0.2, 0.25) is 5.02 Å². The average Bonchev–Trinajstić information content (AvgIpc) is 2.40. The van der Waals surface area contributed by atoms with Gasteiger partial charge in [-0.25, -0.2) is 0 Å². The second kappa shape index (κ2) is 6.58. The fourth-order valence-electron chi connectivity index (χ4n) is 1.83. The van der Waals surface area contributed by atoms with E-state index in [4.69, 9.17) is 16.3 Å². The molecule has 1 aromatic rings. The molecule has 0 aromatic heterocycles. The number of nitrogens with one attached hydrogen (secondary N) is 3. The number of amides is 2. The Kier molecular flexibility index (Phi) is 4.81. The van der Waals surface area contributed by atoms with Crippen molar-refractivity contribution in [2.24, 2.45) is 0 Å². The number of hydrogen-bond donors (Lipinski definition) is 3. The van der Waals surface area contributed by atoms with Crippen molar-refractivity contribution in [3.63, 3.8) is 0 Å². The molecule has 1 aliphatic heterocycles. The van der Waals surface area contributed by atoms with E-state index in [1.807, 2.05) is 7.05 Å². The SMILES string of the molecule is CNCCCC(=O)Nc1cc2c(cc1Cl)NC(=O)CO2. The minimum Gasteiger partial charge on any atom is -0.482 e. The van der Waals surface area contributed by atoms with E-state index in [9.17, 15) is 9.59 Å². The normalized spacial score (nSPS) is 13.2. The number of fused-ring (bicyclic) bond motifs is 1. The zero-order valence-electron chi connectivity index (χ0n) is 11.1. The van der Waals surface area contributed by atoms with Gasteiger partial charge in [-0.1, -0.05) is 11.6 Å². The average molecular weight is 298 g/mol. The Bertz CT molecular complexity index is 534. The first kappa shape index (κ1) is 14.6. The Labute approximate surface area is 121 Å². The molecule has 0 fully saturated rings. The Morgan fingerprint density at radius 3 is 3.05 bits per heavy atom. The van der Waals surface area contributed by atoms with Crippen LogP contribution in [-0.2, 0) is 9.59 Å². The highest BCUT2D eigenvalue weighted by molar-refractivity contribution is 6.34. The molecule has 7 heteroatoms. The van der Waals surface area contributed by atoms with Crippen molar-refractivity contribution in [1.29, 1.82) is 0 Å². The highest BCUT2D eigenvalue weighted by atomic mass is 35.5. The number of hydrogen-bond acceptors (Lipinski definition) is 4. The van der Waals surface area contributed by atoms with Crippen LogP contribution in [0.4, 0.5) is 11.4 Å². The summed E-state index contributed by atoms with van der Waals surface area (Å²) < 4.78 is 5.28. The van der Waals surface area contributed by atoms with Crippen LogP contribution in [-0.4, -0.2) is 32.0 Å². The summed E-state index contributed by atoms with van der Waals surface area (Å²) in [4.78, 5) is 22.9. The van der Waals surface area contributed by atoms with Gasteiger partial charge in [-0.3, -0.25) is 9.59 Å². The molecule has 2 amide bonds. The lowest BCUT2D eigenvalue weighted by Crippen LogP contribution is -2.25. The number of carbonyl (C=O) groups is 2. The molecule has 0 bridgehead atoms. The van der Waals surface area contributed by atoms with Crippen LogP contribution in [0.25, 0.3) is 0 Å². The summed E-state index contributed by atoms with van der Waals surface area (Å²) in [5.74, 6) is 0.166. The fourth-order valence-corrected chi connectivity index (χ4v) is 2.05. The molecule has 108 valence electrons. The predicted molar refractivity (Wildman–Crippen MR) is 77.4 cm³/mol. The van der Waals surface area contributed by atoms with Gasteiger partial charge in [-0.15, -0.1) is 0 Å². The highest BCUT2D eigenvalue weighted by Gasteiger charge is 2.18. The Balaban J connectivity index is 2.05. The standard InChI is InChI=1S/C13H16ClN3O3/c1-15-4-2-3-12(18)16-9-6-11-10(5-8(9)14)17-13(19)7-20-11/h5-6,15H,2-4,7H2,1H3,(H,16,18)(H,17,19). The molecule has 1 aliphatic rings. The zero-order chi connectivity index (χ0) is 14.5. The van der Waals surface area contributed by atoms with E-state index >= 15 is 0 Å². The van der Waals surface area contributed by atoms with E-state index in [-0.39, 0.29) is 18.4 Å². The van der Waals surface area contributed by atoms with Crippen molar-refractivity contribution in [3.05, 3.63) is 17.2 Å². The third-order valence-corrected chi connectivity index (χ3v) is 3.12. The lowest BCUT2D eigenvalue weighted by molar-refractivity contribution is -0.118. The Morgan fingerprint density at radius 2 is 2.30 bits per heavy atom. The van der Waals surface area contributed by atoms with Gasteiger partial charge < -0.3 is 20.7 Å². The molecule has 0 unspecified atom stereocenters. The smallest absolute Gasteiger partial charge is 0.262 e. The summed E-state index contributed by atoms with van der Waals surface area (Å²) >= 11 is 6.08. The van der Waals surface area contributed by atoms with Gasteiger partial charge in [0.1, 0.15) is 5.75 Å². The molecular formula is C13H16ClN3O3. The number of ether oxygens (including phenoxy) is 1. The van der Waals surface area contributed by atoms with Gasteiger partial charge in [-0.2, -0.15) is 0 Å². The maximum absolute atomic E-state index is 11.8. The number of carbonyl (C=O) groups excluding carboxylic acids is 2. The van der Waals surface area contributed by atoms with Gasteiger partial charge in [0.15, 0.2) is 6.61 Å². The number of anilines is 2. The minimum atomic E-state index is -0.225. The molecule has 0 saturated heterocycles. The van der Waals surface area contributed by atoms with Gasteiger partial charge in [0.25, 0.3) is 5.91 Å². The molecule has 0 spiro atoms. The molecule has 0 saturated carbocycles. The van der Waals surface area contributed by atoms with Crippen LogP contribution in [0.5, 0.6) is 5.75 Å².